The lowest BCUT2D eigenvalue weighted by Crippen LogP contribution is -2.49. The molecular weight excluding hydrogens is 234 g/mol. The van der Waals surface area contributed by atoms with Gasteiger partial charge in [-0.15, -0.1) is 0 Å². The summed E-state index contributed by atoms with van der Waals surface area (Å²) < 4.78 is 0. The van der Waals surface area contributed by atoms with Crippen molar-refractivity contribution in [3.05, 3.63) is 23.8 Å². The molecule has 1 aliphatic heterocycles. The fourth-order valence-electron chi connectivity index (χ4n) is 3.63. The van der Waals surface area contributed by atoms with Crippen molar-refractivity contribution >= 4 is 11.4 Å². The molecule has 1 aromatic rings. The summed E-state index contributed by atoms with van der Waals surface area (Å²) in [5.74, 6) is 0. The van der Waals surface area contributed by atoms with Crippen LogP contribution >= 0.6 is 0 Å². The number of nitrogen functional groups attached to an aromatic ring is 1. The first-order valence-electron chi connectivity index (χ1n) is 7.59. The zero-order valence-electron chi connectivity index (χ0n) is 11.9. The van der Waals surface area contributed by atoms with Crippen LogP contribution < -0.4 is 10.6 Å². The van der Waals surface area contributed by atoms with Gasteiger partial charge in [-0.25, -0.2) is 0 Å². The molecule has 0 spiro atoms. The minimum atomic E-state index is 0.867. The van der Waals surface area contributed by atoms with Crippen LogP contribution in [0.2, 0.25) is 0 Å². The summed E-state index contributed by atoms with van der Waals surface area (Å²) >= 11 is 0. The number of nitrogens with two attached hydrogens (primary N) is 1. The van der Waals surface area contributed by atoms with Gasteiger partial charge in [0, 0.05) is 43.6 Å². The van der Waals surface area contributed by atoms with E-state index >= 15 is 0 Å². The Morgan fingerprint density at radius 3 is 2.37 bits per heavy atom. The summed E-state index contributed by atoms with van der Waals surface area (Å²) in [6.07, 6.45) is 5.70. The average molecular weight is 259 g/mol. The SMILES string of the molecule is Cc1cc(N)ccc1N1CCN(C2CCCC2)CC1. The quantitative estimate of drug-likeness (QED) is 0.829. The van der Waals surface area contributed by atoms with Crippen molar-refractivity contribution in [1.82, 2.24) is 4.90 Å². The van der Waals surface area contributed by atoms with Gasteiger partial charge in [-0.05, 0) is 43.5 Å². The lowest BCUT2D eigenvalue weighted by atomic mass is 10.1. The van der Waals surface area contributed by atoms with E-state index < -0.39 is 0 Å². The van der Waals surface area contributed by atoms with Crippen molar-refractivity contribution < 1.29 is 0 Å². The predicted molar refractivity (Wildman–Crippen MR) is 81.6 cm³/mol. The molecule has 1 saturated heterocycles. The minimum Gasteiger partial charge on any atom is -0.399 e. The molecule has 0 atom stereocenters. The maximum Gasteiger partial charge on any atom is 0.0398 e. The molecule has 2 fully saturated rings. The number of anilines is 2. The Bertz CT molecular complexity index is 430. The van der Waals surface area contributed by atoms with Crippen LogP contribution in [0.15, 0.2) is 18.2 Å². The van der Waals surface area contributed by atoms with Gasteiger partial charge in [0.2, 0.25) is 0 Å². The summed E-state index contributed by atoms with van der Waals surface area (Å²) in [4.78, 5) is 5.22. The van der Waals surface area contributed by atoms with Gasteiger partial charge >= 0.3 is 0 Å². The van der Waals surface area contributed by atoms with E-state index in [-0.39, 0.29) is 0 Å². The number of rotatable bonds is 2. The molecule has 3 rings (SSSR count). The highest BCUT2D eigenvalue weighted by atomic mass is 15.3. The van der Waals surface area contributed by atoms with Gasteiger partial charge in [0.25, 0.3) is 0 Å². The van der Waals surface area contributed by atoms with Crippen LogP contribution in [0, 0.1) is 6.92 Å². The molecule has 104 valence electrons. The van der Waals surface area contributed by atoms with Crippen LogP contribution in [0.25, 0.3) is 0 Å². The fourth-order valence-corrected chi connectivity index (χ4v) is 3.63. The second-order valence-electron chi connectivity index (χ2n) is 6.01. The Kier molecular flexibility index (Phi) is 3.65. The predicted octanol–water partition coefficient (Wildman–Crippen LogP) is 2.64. The topological polar surface area (TPSA) is 32.5 Å². The van der Waals surface area contributed by atoms with E-state index in [2.05, 4.69) is 28.9 Å². The second kappa shape index (κ2) is 5.41. The van der Waals surface area contributed by atoms with Crippen LogP contribution in [0.5, 0.6) is 0 Å². The van der Waals surface area contributed by atoms with Gasteiger partial charge in [0.1, 0.15) is 0 Å². The van der Waals surface area contributed by atoms with Gasteiger partial charge in [0.15, 0.2) is 0 Å². The smallest absolute Gasteiger partial charge is 0.0398 e. The Balaban J connectivity index is 1.63. The van der Waals surface area contributed by atoms with Gasteiger partial charge in [-0.2, -0.15) is 0 Å². The number of benzene rings is 1. The second-order valence-corrected chi connectivity index (χ2v) is 6.01. The number of piperazine rings is 1. The lowest BCUT2D eigenvalue weighted by Gasteiger charge is -2.39. The van der Waals surface area contributed by atoms with E-state index in [4.69, 9.17) is 5.73 Å². The van der Waals surface area contributed by atoms with E-state index in [9.17, 15) is 0 Å². The van der Waals surface area contributed by atoms with Crippen LogP contribution in [0.3, 0.4) is 0 Å². The van der Waals surface area contributed by atoms with E-state index in [1.54, 1.807) is 0 Å². The molecule has 0 unspecified atom stereocenters. The first-order valence-corrected chi connectivity index (χ1v) is 7.59. The molecule has 19 heavy (non-hydrogen) atoms. The Hall–Kier alpha value is -1.22. The normalized spacial score (nSPS) is 22.1. The molecule has 0 amide bonds. The highest BCUT2D eigenvalue weighted by molar-refractivity contribution is 5.59. The van der Waals surface area contributed by atoms with Crippen LogP contribution in [-0.4, -0.2) is 37.1 Å². The molecule has 0 aromatic heterocycles. The highest BCUT2D eigenvalue weighted by Crippen LogP contribution is 2.27. The summed E-state index contributed by atoms with van der Waals surface area (Å²) in [5.41, 5.74) is 9.36. The summed E-state index contributed by atoms with van der Waals surface area (Å²) in [7, 11) is 0. The van der Waals surface area contributed by atoms with Gasteiger partial charge in [-0.1, -0.05) is 12.8 Å². The molecule has 2 aliphatic rings. The molecule has 1 aliphatic carbocycles. The third-order valence-electron chi connectivity index (χ3n) is 4.72. The molecule has 1 saturated carbocycles. The number of aryl methyl sites for hydroxylation is 1. The molecule has 2 N–H and O–H groups in total. The van der Waals surface area contributed by atoms with Crippen molar-refractivity contribution in [2.24, 2.45) is 0 Å². The van der Waals surface area contributed by atoms with Crippen molar-refractivity contribution in [2.45, 2.75) is 38.6 Å². The van der Waals surface area contributed by atoms with Crippen LogP contribution in [-0.2, 0) is 0 Å². The summed E-state index contributed by atoms with van der Waals surface area (Å²) in [5, 5.41) is 0. The Morgan fingerprint density at radius 2 is 1.74 bits per heavy atom. The largest absolute Gasteiger partial charge is 0.399 e. The zero-order chi connectivity index (χ0) is 13.2. The molecule has 1 aromatic carbocycles. The monoisotopic (exact) mass is 259 g/mol. The molecule has 3 heteroatoms. The summed E-state index contributed by atoms with van der Waals surface area (Å²) in [6, 6.07) is 7.15. The van der Waals surface area contributed by atoms with Crippen molar-refractivity contribution in [3.8, 4) is 0 Å². The minimum absolute atomic E-state index is 0.867. The van der Waals surface area contributed by atoms with Gasteiger partial charge in [-0.3, -0.25) is 4.90 Å². The lowest BCUT2D eigenvalue weighted by molar-refractivity contribution is 0.187. The van der Waals surface area contributed by atoms with Crippen molar-refractivity contribution in [2.75, 3.05) is 36.8 Å². The Labute approximate surface area is 116 Å². The van der Waals surface area contributed by atoms with E-state index in [0.717, 1.165) is 24.8 Å². The maximum absolute atomic E-state index is 5.84. The summed E-state index contributed by atoms with van der Waals surface area (Å²) in [6.45, 7) is 6.90. The highest BCUT2D eigenvalue weighted by Gasteiger charge is 2.26. The standard InChI is InChI=1S/C16H25N3/c1-13-12-14(17)6-7-16(13)19-10-8-18(9-11-19)15-4-2-3-5-15/h6-7,12,15H,2-5,8-11,17H2,1H3. The van der Waals surface area contributed by atoms with Gasteiger partial charge in [0.05, 0.1) is 0 Å². The van der Waals surface area contributed by atoms with Crippen LogP contribution in [0.4, 0.5) is 11.4 Å². The van der Waals surface area contributed by atoms with E-state index in [1.165, 1.54) is 50.0 Å². The molecule has 3 nitrogen and oxygen atoms in total. The maximum atomic E-state index is 5.84. The number of hydrogen-bond donors (Lipinski definition) is 1. The first-order chi connectivity index (χ1) is 9.24. The molecular formula is C16H25N3. The number of nitrogens with zero attached hydrogens (tertiary/aromatic N) is 2. The molecule has 0 radical (unpaired) electrons. The van der Waals surface area contributed by atoms with E-state index in [0.29, 0.717) is 0 Å². The van der Waals surface area contributed by atoms with Gasteiger partial charge < -0.3 is 10.6 Å². The van der Waals surface area contributed by atoms with Crippen molar-refractivity contribution in [3.63, 3.8) is 0 Å². The Morgan fingerprint density at radius 1 is 1.05 bits per heavy atom. The zero-order valence-corrected chi connectivity index (χ0v) is 11.9. The van der Waals surface area contributed by atoms with E-state index in [1.807, 2.05) is 6.07 Å². The average Bonchev–Trinajstić information content (AvgIpc) is 2.93. The number of hydrogen-bond acceptors (Lipinski definition) is 3. The third-order valence-corrected chi connectivity index (χ3v) is 4.72. The van der Waals surface area contributed by atoms with Crippen molar-refractivity contribution in [1.29, 1.82) is 0 Å². The third kappa shape index (κ3) is 2.71. The molecule has 1 heterocycles. The molecule has 0 bridgehead atoms. The fraction of sp³-hybridized carbons (Fsp3) is 0.625. The van der Waals surface area contributed by atoms with Crippen LogP contribution in [0.1, 0.15) is 31.2 Å². The first kappa shape index (κ1) is 12.8.